The predicted octanol–water partition coefficient (Wildman–Crippen LogP) is 3.48. The molecule has 0 atom stereocenters. The standard InChI is InChI=1S/C17H13ClN2O4/c1-11(19-24-16(21)12-6-8-13(18)9-7-12)10-20-14-4-2-3-5-15(14)23-17(20)22/h2-9H,10H2,1H3/b19-11-. The Morgan fingerprint density at radius 2 is 1.92 bits per heavy atom. The molecule has 0 fully saturated rings. The van der Waals surface area contributed by atoms with Crippen LogP contribution in [0.5, 0.6) is 0 Å². The Hall–Kier alpha value is -2.86. The molecule has 6 nitrogen and oxygen atoms in total. The Bertz CT molecular complexity index is 970. The molecule has 0 saturated carbocycles. The lowest BCUT2D eigenvalue weighted by Crippen LogP contribution is -2.19. The van der Waals surface area contributed by atoms with Crippen molar-refractivity contribution in [3.05, 3.63) is 69.7 Å². The van der Waals surface area contributed by atoms with E-state index in [-0.39, 0.29) is 6.54 Å². The Labute approximate surface area is 141 Å². The maximum absolute atomic E-state index is 11.9. The summed E-state index contributed by atoms with van der Waals surface area (Å²) in [7, 11) is 0. The number of benzene rings is 2. The number of rotatable bonds is 4. The van der Waals surface area contributed by atoms with E-state index in [4.69, 9.17) is 20.9 Å². The van der Waals surface area contributed by atoms with Crippen molar-refractivity contribution < 1.29 is 14.0 Å². The summed E-state index contributed by atoms with van der Waals surface area (Å²) in [4.78, 5) is 28.7. The minimum absolute atomic E-state index is 0.156. The van der Waals surface area contributed by atoms with Crippen LogP contribution in [-0.2, 0) is 11.4 Å². The van der Waals surface area contributed by atoms with E-state index in [9.17, 15) is 9.59 Å². The van der Waals surface area contributed by atoms with Gasteiger partial charge in [-0.05, 0) is 43.3 Å². The topological polar surface area (TPSA) is 73.8 Å². The highest BCUT2D eigenvalue weighted by molar-refractivity contribution is 6.30. The van der Waals surface area contributed by atoms with Crippen molar-refractivity contribution in [3.63, 3.8) is 0 Å². The maximum atomic E-state index is 11.9. The molecule has 0 aliphatic carbocycles. The third-order valence-electron chi connectivity index (χ3n) is 3.32. The molecule has 3 rings (SSSR count). The van der Waals surface area contributed by atoms with E-state index < -0.39 is 11.7 Å². The number of halogens is 1. The summed E-state index contributed by atoms with van der Waals surface area (Å²) in [6.45, 7) is 1.81. The Morgan fingerprint density at radius 1 is 1.21 bits per heavy atom. The number of hydrogen-bond donors (Lipinski definition) is 0. The van der Waals surface area contributed by atoms with Gasteiger partial charge in [-0.25, -0.2) is 9.59 Å². The van der Waals surface area contributed by atoms with Crippen LogP contribution in [0, 0.1) is 0 Å². The zero-order valence-electron chi connectivity index (χ0n) is 12.7. The second-order valence-corrected chi connectivity index (χ2v) is 5.57. The lowest BCUT2D eigenvalue weighted by atomic mass is 10.2. The van der Waals surface area contributed by atoms with Crippen LogP contribution in [0.3, 0.4) is 0 Å². The zero-order chi connectivity index (χ0) is 17.1. The molecule has 0 aliphatic rings. The summed E-state index contributed by atoms with van der Waals surface area (Å²) in [6, 6.07) is 13.3. The highest BCUT2D eigenvalue weighted by Crippen LogP contribution is 2.12. The van der Waals surface area contributed by atoms with Gasteiger partial charge in [0, 0.05) is 5.02 Å². The van der Waals surface area contributed by atoms with Gasteiger partial charge < -0.3 is 9.25 Å². The summed E-state index contributed by atoms with van der Waals surface area (Å²) in [6.07, 6.45) is 0. The van der Waals surface area contributed by atoms with Gasteiger partial charge in [-0.1, -0.05) is 28.9 Å². The molecule has 0 bridgehead atoms. The highest BCUT2D eigenvalue weighted by atomic mass is 35.5. The summed E-state index contributed by atoms with van der Waals surface area (Å²) < 4.78 is 6.56. The van der Waals surface area contributed by atoms with Gasteiger partial charge in [-0.3, -0.25) is 4.57 Å². The lowest BCUT2D eigenvalue weighted by Gasteiger charge is -2.02. The second kappa shape index (κ2) is 6.72. The molecule has 1 aromatic heterocycles. The number of fused-ring (bicyclic) bond motifs is 1. The van der Waals surface area contributed by atoms with Crippen molar-refractivity contribution in [2.75, 3.05) is 0 Å². The molecular weight excluding hydrogens is 332 g/mol. The molecule has 0 spiro atoms. The molecule has 1 heterocycles. The van der Waals surface area contributed by atoms with Crippen LogP contribution < -0.4 is 5.76 Å². The SMILES string of the molecule is C/C(Cn1c(=O)oc2ccccc21)=N/OC(=O)c1ccc(Cl)cc1. The Kier molecular flexibility index (Phi) is 4.48. The molecule has 24 heavy (non-hydrogen) atoms. The molecule has 122 valence electrons. The van der Waals surface area contributed by atoms with Gasteiger partial charge >= 0.3 is 11.7 Å². The Morgan fingerprint density at radius 3 is 2.67 bits per heavy atom. The maximum Gasteiger partial charge on any atom is 0.420 e. The largest absolute Gasteiger partial charge is 0.420 e. The summed E-state index contributed by atoms with van der Waals surface area (Å²) >= 11 is 5.77. The molecule has 0 unspecified atom stereocenters. The normalized spacial score (nSPS) is 11.7. The quantitative estimate of drug-likeness (QED) is 0.412. The predicted molar refractivity (Wildman–Crippen MR) is 90.5 cm³/mol. The fourth-order valence-corrected chi connectivity index (χ4v) is 2.31. The van der Waals surface area contributed by atoms with E-state index in [0.29, 0.717) is 27.4 Å². The van der Waals surface area contributed by atoms with E-state index in [1.54, 1.807) is 55.5 Å². The number of nitrogens with zero attached hydrogens (tertiary/aromatic N) is 2. The van der Waals surface area contributed by atoms with Crippen molar-refractivity contribution in [1.82, 2.24) is 4.57 Å². The van der Waals surface area contributed by atoms with Gasteiger partial charge in [-0.15, -0.1) is 0 Å². The first-order chi connectivity index (χ1) is 11.5. The van der Waals surface area contributed by atoms with E-state index in [2.05, 4.69) is 5.16 Å². The van der Waals surface area contributed by atoms with Gasteiger partial charge in [-0.2, -0.15) is 0 Å². The van der Waals surface area contributed by atoms with Gasteiger partial charge in [0.2, 0.25) is 0 Å². The van der Waals surface area contributed by atoms with Crippen molar-refractivity contribution >= 4 is 34.4 Å². The molecule has 3 aromatic rings. The average molecular weight is 345 g/mol. The number of oxime groups is 1. The lowest BCUT2D eigenvalue weighted by molar-refractivity contribution is 0.0515. The number of carbonyl (C=O) groups excluding carboxylic acids is 1. The van der Waals surface area contributed by atoms with Crippen molar-refractivity contribution in [2.45, 2.75) is 13.5 Å². The zero-order valence-corrected chi connectivity index (χ0v) is 13.5. The molecule has 0 N–H and O–H groups in total. The molecule has 0 saturated heterocycles. The van der Waals surface area contributed by atoms with Gasteiger partial charge in [0.1, 0.15) is 0 Å². The molecular formula is C17H13ClN2O4. The Balaban J connectivity index is 1.74. The third kappa shape index (κ3) is 3.38. The van der Waals surface area contributed by atoms with Crippen LogP contribution in [0.2, 0.25) is 5.02 Å². The van der Waals surface area contributed by atoms with Gasteiger partial charge in [0.05, 0.1) is 23.3 Å². The van der Waals surface area contributed by atoms with Crippen LogP contribution in [0.15, 0.2) is 62.9 Å². The van der Waals surface area contributed by atoms with Crippen LogP contribution in [0.25, 0.3) is 11.1 Å². The van der Waals surface area contributed by atoms with E-state index >= 15 is 0 Å². The monoisotopic (exact) mass is 344 g/mol. The molecule has 7 heteroatoms. The first-order valence-electron chi connectivity index (χ1n) is 7.13. The average Bonchev–Trinajstić information content (AvgIpc) is 2.89. The fourth-order valence-electron chi connectivity index (χ4n) is 2.18. The van der Waals surface area contributed by atoms with Crippen LogP contribution in [0.4, 0.5) is 0 Å². The van der Waals surface area contributed by atoms with Gasteiger partial charge in [0.15, 0.2) is 5.58 Å². The van der Waals surface area contributed by atoms with Gasteiger partial charge in [0.25, 0.3) is 0 Å². The summed E-state index contributed by atoms with van der Waals surface area (Å²) in [5.41, 5.74) is 1.93. The fraction of sp³-hybridized carbons (Fsp3) is 0.118. The first-order valence-corrected chi connectivity index (χ1v) is 7.51. The summed E-state index contributed by atoms with van der Waals surface area (Å²) in [5.74, 6) is -1.09. The number of hydrogen-bond acceptors (Lipinski definition) is 5. The van der Waals surface area contributed by atoms with E-state index in [0.717, 1.165) is 0 Å². The third-order valence-corrected chi connectivity index (χ3v) is 3.58. The van der Waals surface area contributed by atoms with E-state index in [1.165, 1.54) is 4.57 Å². The van der Waals surface area contributed by atoms with Crippen molar-refractivity contribution in [3.8, 4) is 0 Å². The smallest absolute Gasteiger partial charge is 0.408 e. The van der Waals surface area contributed by atoms with Crippen molar-refractivity contribution in [1.29, 1.82) is 0 Å². The molecule has 0 radical (unpaired) electrons. The molecule has 0 amide bonds. The highest BCUT2D eigenvalue weighted by Gasteiger charge is 2.11. The molecule has 0 aliphatic heterocycles. The summed E-state index contributed by atoms with van der Waals surface area (Å²) in [5, 5.41) is 4.30. The minimum Gasteiger partial charge on any atom is -0.408 e. The first kappa shape index (κ1) is 16.0. The number of para-hydroxylation sites is 2. The number of aromatic nitrogens is 1. The number of carbonyl (C=O) groups is 1. The second-order valence-electron chi connectivity index (χ2n) is 5.13. The minimum atomic E-state index is -0.601. The van der Waals surface area contributed by atoms with Crippen LogP contribution in [-0.4, -0.2) is 16.2 Å². The van der Waals surface area contributed by atoms with Crippen molar-refractivity contribution in [2.24, 2.45) is 5.16 Å². The van der Waals surface area contributed by atoms with Crippen LogP contribution >= 0.6 is 11.6 Å². The molecule has 2 aromatic carbocycles. The number of oxazole rings is 1. The van der Waals surface area contributed by atoms with E-state index in [1.807, 2.05) is 0 Å². The van der Waals surface area contributed by atoms with Crippen LogP contribution in [0.1, 0.15) is 17.3 Å².